The molecular weight excluding hydrogens is 230 g/mol. The van der Waals surface area contributed by atoms with E-state index in [1.165, 1.54) is 12.8 Å². The van der Waals surface area contributed by atoms with Gasteiger partial charge in [-0.2, -0.15) is 5.10 Å². The van der Waals surface area contributed by atoms with Gasteiger partial charge in [0.15, 0.2) is 0 Å². The molecule has 1 saturated heterocycles. The lowest BCUT2D eigenvalue weighted by Gasteiger charge is -2.34. The van der Waals surface area contributed by atoms with Crippen LogP contribution >= 0.6 is 0 Å². The van der Waals surface area contributed by atoms with E-state index in [4.69, 9.17) is 4.74 Å². The van der Waals surface area contributed by atoms with E-state index in [9.17, 15) is 4.79 Å². The zero-order valence-electron chi connectivity index (χ0n) is 10.8. The normalized spacial score (nSPS) is 28.4. The standard InChI is InChI=1S/C13H19N3O2/c1-8-6-16(7-9(2)18-8)13(17)12-5-11(14-15-12)10-3-4-10/h5,8-10H,3-4,6-7H2,1-2H3,(H,14,15)/t8-,9-/m1/s1. The molecule has 2 atom stereocenters. The first-order valence-corrected chi connectivity index (χ1v) is 6.63. The third-order valence-corrected chi connectivity index (χ3v) is 3.54. The van der Waals surface area contributed by atoms with Crippen molar-refractivity contribution in [1.82, 2.24) is 15.1 Å². The number of morpholine rings is 1. The lowest BCUT2D eigenvalue weighted by atomic mass is 10.2. The molecule has 18 heavy (non-hydrogen) atoms. The summed E-state index contributed by atoms with van der Waals surface area (Å²) in [6.07, 6.45) is 2.61. The molecule has 5 heteroatoms. The Morgan fingerprint density at radius 1 is 1.39 bits per heavy atom. The van der Waals surface area contributed by atoms with Crippen LogP contribution in [0.1, 0.15) is 48.8 Å². The first-order chi connectivity index (χ1) is 8.63. The van der Waals surface area contributed by atoms with Crippen LogP contribution in [0.5, 0.6) is 0 Å². The number of aromatic nitrogens is 2. The van der Waals surface area contributed by atoms with Gasteiger partial charge < -0.3 is 9.64 Å². The Morgan fingerprint density at radius 3 is 2.67 bits per heavy atom. The topological polar surface area (TPSA) is 58.2 Å². The molecule has 2 fully saturated rings. The highest BCUT2D eigenvalue weighted by Gasteiger charge is 2.30. The van der Waals surface area contributed by atoms with Gasteiger partial charge in [0.05, 0.1) is 12.2 Å². The lowest BCUT2D eigenvalue weighted by Crippen LogP contribution is -2.48. The van der Waals surface area contributed by atoms with Gasteiger partial charge in [0.1, 0.15) is 5.69 Å². The number of nitrogens with one attached hydrogen (secondary N) is 1. The van der Waals surface area contributed by atoms with Gasteiger partial charge in [-0.05, 0) is 32.8 Å². The number of H-pyrrole nitrogens is 1. The molecule has 5 nitrogen and oxygen atoms in total. The molecule has 1 aliphatic heterocycles. The summed E-state index contributed by atoms with van der Waals surface area (Å²) in [4.78, 5) is 14.2. The minimum absolute atomic E-state index is 0.0140. The van der Waals surface area contributed by atoms with E-state index in [1.54, 1.807) is 0 Å². The Balaban J connectivity index is 1.72. The highest BCUT2D eigenvalue weighted by molar-refractivity contribution is 5.92. The van der Waals surface area contributed by atoms with Crippen LogP contribution in [0.2, 0.25) is 0 Å². The molecular formula is C13H19N3O2. The number of hydrogen-bond donors (Lipinski definition) is 1. The average Bonchev–Trinajstić information content (AvgIpc) is 3.05. The van der Waals surface area contributed by atoms with Crippen LogP contribution in [-0.2, 0) is 4.74 Å². The van der Waals surface area contributed by atoms with Crippen molar-refractivity contribution in [3.63, 3.8) is 0 Å². The monoisotopic (exact) mass is 249 g/mol. The van der Waals surface area contributed by atoms with Gasteiger partial charge in [-0.3, -0.25) is 9.89 Å². The second kappa shape index (κ2) is 4.39. The number of aromatic amines is 1. The fraction of sp³-hybridized carbons (Fsp3) is 0.692. The molecule has 1 N–H and O–H groups in total. The molecule has 1 aromatic rings. The van der Waals surface area contributed by atoms with Gasteiger partial charge >= 0.3 is 0 Å². The van der Waals surface area contributed by atoms with Crippen LogP contribution in [0.15, 0.2) is 6.07 Å². The maximum atomic E-state index is 12.3. The number of nitrogens with zero attached hydrogens (tertiary/aromatic N) is 2. The molecule has 1 aromatic heterocycles. The lowest BCUT2D eigenvalue weighted by molar-refractivity contribution is -0.0587. The smallest absolute Gasteiger partial charge is 0.274 e. The van der Waals surface area contributed by atoms with Crippen LogP contribution in [0.25, 0.3) is 0 Å². The summed E-state index contributed by atoms with van der Waals surface area (Å²) in [5.74, 6) is 0.613. The van der Waals surface area contributed by atoms with Crippen molar-refractivity contribution in [2.45, 2.75) is 44.8 Å². The molecule has 2 aliphatic rings. The molecule has 0 unspecified atom stereocenters. The first kappa shape index (κ1) is 11.7. The number of rotatable bonds is 2. The van der Waals surface area contributed by atoms with Crippen LogP contribution in [0.4, 0.5) is 0 Å². The van der Waals surface area contributed by atoms with Crippen LogP contribution in [0.3, 0.4) is 0 Å². The molecule has 1 aliphatic carbocycles. The number of hydrogen-bond acceptors (Lipinski definition) is 3. The van der Waals surface area contributed by atoms with E-state index < -0.39 is 0 Å². The van der Waals surface area contributed by atoms with Crippen molar-refractivity contribution < 1.29 is 9.53 Å². The molecule has 0 spiro atoms. The molecule has 0 aromatic carbocycles. The summed E-state index contributed by atoms with van der Waals surface area (Å²) < 4.78 is 5.63. The van der Waals surface area contributed by atoms with E-state index in [0.29, 0.717) is 24.7 Å². The van der Waals surface area contributed by atoms with E-state index in [1.807, 2.05) is 24.8 Å². The third kappa shape index (κ3) is 2.27. The Bertz CT molecular complexity index is 443. The quantitative estimate of drug-likeness (QED) is 0.865. The van der Waals surface area contributed by atoms with E-state index in [0.717, 1.165) is 5.69 Å². The molecule has 1 amide bonds. The highest BCUT2D eigenvalue weighted by Crippen LogP contribution is 2.39. The fourth-order valence-corrected chi connectivity index (χ4v) is 2.56. The van der Waals surface area contributed by atoms with Gasteiger partial charge in [0, 0.05) is 24.7 Å². The summed E-state index contributed by atoms with van der Waals surface area (Å²) in [7, 11) is 0. The van der Waals surface area contributed by atoms with E-state index >= 15 is 0 Å². The van der Waals surface area contributed by atoms with Gasteiger partial charge in [-0.25, -0.2) is 0 Å². The largest absolute Gasteiger partial charge is 0.372 e. The molecule has 1 saturated carbocycles. The Labute approximate surface area is 107 Å². The summed E-state index contributed by atoms with van der Waals surface area (Å²) in [6, 6.07) is 1.91. The minimum Gasteiger partial charge on any atom is -0.372 e. The summed E-state index contributed by atoms with van der Waals surface area (Å²) in [5.41, 5.74) is 1.64. The molecule has 98 valence electrons. The average molecular weight is 249 g/mol. The van der Waals surface area contributed by atoms with E-state index in [2.05, 4.69) is 10.2 Å². The Hall–Kier alpha value is -1.36. The Morgan fingerprint density at radius 2 is 2.06 bits per heavy atom. The maximum Gasteiger partial charge on any atom is 0.274 e. The van der Waals surface area contributed by atoms with Gasteiger partial charge in [0.2, 0.25) is 0 Å². The van der Waals surface area contributed by atoms with Crippen LogP contribution < -0.4 is 0 Å². The molecule has 0 bridgehead atoms. The zero-order valence-corrected chi connectivity index (χ0v) is 10.8. The van der Waals surface area contributed by atoms with Crippen molar-refractivity contribution in [3.8, 4) is 0 Å². The fourth-order valence-electron chi connectivity index (χ4n) is 2.56. The van der Waals surface area contributed by atoms with E-state index in [-0.39, 0.29) is 18.1 Å². The minimum atomic E-state index is 0.0140. The van der Waals surface area contributed by atoms with Crippen molar-refractivity contribution in [2.24, 2.45) is 0 Å². The Kier molecular flexibility index (Phi) is 2.86. The van der Waals surface area contributed by atoms with Crippen LogP contribution in [-0.4, -0.2) is 46.3 Å². The molecule has 3 rings (SSSR count). The number of amides is 1. The number of ether oxygens (including phenoxy) is 1. The maximum absolute atomic E-state index is 12.3. The SMILES string of the molecule is C[C@@H]1CN(C(=O)c2cc(C3CC3)[nH]n2)C[C@@H](C)O1. The number of carbonyl (C=O) groups excluding carboxylic acids is 1. The predicted octanol–water partition coefficient (Wildman–Crippen LogP) is 1.54. The van der Waals surface area contributed by atoms with Gasteiger partial charge in [-0.1, -0.05) is 0 Å². The molecule has 0 radical (unpaired) electrons. The van der Waals surface area contributed by atoms with Crippen molar-refractivity contribution in [2.75, 3.05) is 13.1 Å². The zero-order chi connectivity index (χ0) is 12.7. The van der Waals surface area contributed by atoms with Crippen molar-refractivity contribution in [3.05, 3.63) is 17.5 Å². The summed E-state index contributed by atoms with van der Waals surface area (Å²) in [5, 5.41) is 7.13. The van der Waals surface area contributed by atoms with Crippen LogP contribution in [0, 0.1) is 0 Å². The van der Waals surface area contributed by atoms with Gasteiger partial charge in [0.25, 0.3) is 5.91 Å². The molecule has 2 heterocycles. The number of carbonyl (C=O) groups is 1. The second-order valence-electron chi connectivity index (χ2n) is 5.45. The third-order valence-electron chi connectivity index (χ3n) is 3.54. The highest BCUT2D eigenvalue weighted by atomic mass is 16.5. The summed E-state index contributed by atoms with van der Waals surface area (Å²) in [6.45, 7) is 5.29. The first-order valence-electron chi connectivity index (χ1n) is 6.63. The predicted molar refractivity (Wildman–Crippen MR) is 66.5 cm³/mol. The summed E-state index contributed by atoms with van der Waals surface area (Å²) >= 11 is 0. The van der Waals surface area contributed by atoms with Crippen molar-refractivity contribution >= 4 is 5.91 Å². The second-order valence-corrected chi connectivity index (χ2v) is 5.45. The van der Waals surface area contributed by atoms with Crippen molar-refractivity contribution in [1.29, 1.82) is 0 Å². The van der Waals surface area contributed by atoms with Gasteiger partial charge in [-0.15, -0.1) is 0 Å².